The van der Waals surface area contributed by atoms with Crippen LogP contribution in [0.2, 0.25) is 5.02 Å². The third-order valence-electron chi connectivity index (χ3n) is 3.27. The highest BCUT2D eigenvalue weighted by Crippen LogP contribution is 2.28. The predicted molar refractivity (Wildman–Crippen MR) is 67.8 cm³/mol. The van der Waals surface area contributed by atoms with E-state index in [9.17, 15) is 0 Å². The van der Waals surface area contributed by atoms with E-state index in [1.165, 1.54) is 0 Å². The SMILES string of the molecule is CCC(C)(CN)c1nc2c(Cl)cccc2[nH]1. The normalized spacial score (nSPS) is 15.2. The molecular weight excluding hydrogens is 222 g/mol. The zero-order chi connectivity index (χ0) is 11.8. The second-order valence-corrected chi connectivity index (χ2v) is 4.75. The fourth-order valence-corrected chi connectivity index (χ4v) is 1.91. The number of para-hydroxylation sites is 1. The maximum atomic E-state index is 6.09. The lowest BCUT2D eigenvalue weighted by Gasteiger charge is -2.23. The summed E-state index contributed by atoms with van der Waals surface area (Å²) < 4.78 is 0. The number of aromatic nitrogens is 2. The number of nitrogens with two attached hydrogens (primary N) is 1. The van der Waals surface area contributed by atoms with Crippen LogP contribution < -0.4 is 5.73 Å². The Bertz CT molecular complexity index is 500. The first-order valence-electron chi connectivity index (χ1n) is 5.45. The van der Waals surface area contributed by atoms with Crippen molar-refractivity contribution in [2.75, 3.05) is 6.54 Å². The number of aromatic amines is 1. The van der Waals surface area contributed by atoms with Crippen LogP contribution >= 0.6 is 11.6 Å². The lowest BCUT2D eigenvalue weighted by molar-refractivity contribution is 0.443. The highest BCUT2D eigenvalue weighted by molar-refractivity contribution is 6.34. The Kier molecular flexibility index (Phi) is 2.91. The van der Waals surface area contributed by atoms with Crippen molar-refractivity contribution in [1.82, 2.24) is 9.97 Å². The maximum absolute atomic E-state index is 6.09. The number of hydrogen-bond acceptors (Lipinski definition) is 2. The van der Waals surface area contributed by atoms with Gasteiger partial charge in [0, 0.05) is 12.0 Å². The van der Waals surface area contributed by atoms with E-state index in [0.29, 0.717) is 11.6 Å². The second kappa shape index (κ2) is 4.07. The summed E-state index contributed by atoms with van der Waals surface area (Å²) >= 11 is 6.09. The molecule has 4 heteroatoms. The third-order valence-corrected chi connectivity index (χ3v) is 3.57. The molecule has 0 fully saturated rings. The van der Waals surface area contributed by atoms with Gasteiger partial charge in [-0.3, -0.25) is 0 Å². The van der Waals surface area contributed by atoms with Crippen LogP contribution in [0.5, 0.6) is 0 Å². The number of nitrogens with zero attached hydrogens (tertiary/aromatic N) is 1. The molecule has 0 aliphatic rings. The summed E-state index contributed by atoms with van der Waals surface area (Å²) in [5.74, 6) is 0.917. The lowest BCUT2D eigenvalue weighted by atomic mass is 9.87. The van der Waals surface area contributed by atoms with Crippen molar-refractivity contribution in [3.05, 3.63) is 29.0 Å². The molecule has 2 aromatic rings. The lowest BCUT2D eigenvalue weighted by Crippen LogP contribution is -2.32. The first kappa shape index (κ1) is 11.4. The minimum atomic E-state index is -0.109. The number of hydrogen-bond donors (Lipinski definition) is 2. The van der Waals surface area contributed by atoms with Crippen molar-refractivity contribution in [1.29, 1.82) is 0 Å². The van der Waals surface area contributed by atoms with Gasteiger partial charge in [-0.2, -0.15) is 0 Å². The van der Waals surface area contributed by atoms with Crippen LogP contribution in [-0.2, 0) is 5.41 Å². The van der Waals surface area contributed by atoms with Gasteiger partial charge in [0.25, 0.3) is 0 Å². The average molecular weight is 238 g/mol. The molecule has 3 N–H and O–H groups in total. The van der Waals surface area contributed by atoms with E-state index in [1.807, 2.05) is 18.2 Å². The Labute approximate surface area is 100 Å². The van der Waals surface area contributed by atoms with E-state index in [4.69, 9.17) is 17.3 Å². The Hall–Kier alpha value is -1.06. The number of nitrogens with one attached hydrogen (secondary N) is 1. The quantitative estimate of drug-likeness (QED) is 0.863. The largest absolute Gasteiger partial charge is 0.341 e. The zero-order valence-electron chi connectivity index (χ0n) is 9.55. The molecule has 16 heavy (non-hydrogen) atoms. The average Bonchev–Trinajstić information content (AvgIpc) is 2.74. The summed E-state index contributed by atoms with van der Waals surface area (Å²) in [4.78, 5) is 7.86. The van der Waals surface area contributed by atoms with Crippen LogP contribution in [0.25, 0.3) is 11.0 Å². The number of imidazole rings is 1. The molecular formula is C12H16ClN3. The molecule has 0 aliphatic carbocycles. The maximum Gasteiger partial charge on any atom is 0.114 e. The van der Waals surface area contributed by atoms with Gasteiger partial charge in [-0.1, -0.05) is 31.5 Å². The molecule has 0 amide bonds. The van der Waals surface area contributed by atoms with Gasteiger partial charge in [-0.25, -0.2) is 4.98 Å². The molecule has 2 rings (SSSR count). The molecule has 1 heterocycles. The monoisotopic (exact) mass is 237 g/mol. The molecule has 0 saturated carbocycles. The molecule has 86 valence electrons. The molecule has 0 saturated heterocycles. The summed E-state index contributed by atoms with van der Waals surface area (Å²) in [6.45, 7) is 4.79. The Morgan fingerprint density at radius 2 is 2.25 bits per heavy atom. The summed E-state index contributed by atoms with van der Waals surface area (Å²) in [5, 5.41) is 0.676. The van der Waals surface area contributed by atoms with E-state index in [1.54, 1.807) is 0 Å². The summed E-state index contributed by atoms with van der Waals surface area (Å²) in [6, 6.07) is 5.74. The summed E-state index contributed by atoms with van der Waals surface area (Å²) in [6.07, 6.45) is 0.945. The van der Waals surface area contributed by atoms with Crippen molar-refractivity contribution < 1.29 is 0 Å². The highest BCUT2D eigenvalue weighted by atomic mass is 35.5. The number of H-pyrrole nitrogens is 1. The highest BCUT2D eigenvalue weighted by Gasteiger charge is 2.26. The minimum absolute atomic E-state index is 0.109. The van der Waals surface area contributed by atoms with Gasteiger partial charge in [0.15, 0.2) is 0 Å². The predicted octanol–water partition coefficient (Wildman–Crippen LogP) is 2.84. The molecule has 1 aromatic carbocycles. The molecule has 0 bridgehead atoms. The fraction of sp³-hybridized carbons (Fsp3) is 0.417. The Balaban J connectivity index is 2.59. The Morgan fingerprint density at radius 1 is 1.50 bits per heavy atom. The number of halogens is 1. The van der Waals surface area contributed by atoms with E-state index in [2.05, 4.69) is 23.8 Å². The van der Waals surface area contributed by atoms with Gasteiger partial charge in [0.1, 0.15) is 11.3 Å². The molecule has 3 nitrogen and oxygen atoms in total. The first-order valence-corrected chi connectivity index (χ1v) is 5.83. The van der Waals surface area contributed by atoms with Gasteiger partial charge >= 0.3 is 0 Å². The molecule has 1 unspecified atom stereocenters. The van der Waals surface area contributed by atoms with Crippen LogP contribution in [-0.4, -0.2) is 16.5 Å². The zero-order valence-corrected chi connectivity index (χ0v) is 10.3. The van der Waals surface area contributed by atoms with E-state index in [0.717, 1.165) is 23.3 Å². The van der Waals surface area contributed by atoms with Crippen molar-refractivity contribution in [2.24, 2.45) is 5.73 Å². The van der Waals surface area contributed by atoms with Crippen LogP contribution in [0.15, 0.2) is 18.2 Å². The minimum Gasteiger partial charge on any atom is -0.341 e. The third kappa shape index (κ3) is 1.70. The van der Waals surface area contributed by atoms with Gasteiger partial charge in [-0.05, 0) is 18.6 Å². The van der Waals surface area contributed by atoms with Crippen molar-refractivity contribution >= 4 is 22.6 Å². The number of fused-ring (bicyclic) bond motifs is 1. The van der Waals surface area contributed by atoms with Gasteiger partial charge < -0.3 is 10.7 Å². The summed E-state index contributed by atoms with van der Waals surface area (Å²) in [7, 11) is 0. The molecule has 0 radical (unpaired) electrons. The van der Waals surface area contributed by atoms with Crippen LogP contribution in [0.3, 0.4) is 0 Å². The summed E-state index contributed by atoms with van der Waals surface area (Å²) in [5.41, 5.74) is 7.50. The van der Waals surface area contributed by atoms with Crippen LogP contribution in [0.1, 0.15) is 26.1 Å². The molecule has 0 aliphatic heterocycles. The van der Waals surface area contributed by atoms with Crippen molar-refractivity contribution in [3.8, 4) is 0 Å². The van der Waals surface area contributed by atoms with Gasteiger partial charge in [-0.15, -0.1) is 0 Å². The number of rotatable bonds is 3. The second-order valence-electron chi connectivity index (χ2n) is 4.34. The fourth-order valence-electron chi connectivity index (χ4n) is 1.69. The van der Waals surface area contributed by atoms with Crippen LogP contribution in [0, 0.1) is 0 Å². The van der Waals surface area contributed by atoms with E-state index >= 15 is 0 Å². The van der Waals surface area contributed by atoms with Gasteiger partial charge in [0.05, 0.1) is 10.5 Å². The topological polar surface area (TPSA) is 54.7 Å². The number of benzene rings is 1. The smallest absolute Gasteiger partial charge is 0.114 e. The standard InChI is InChI=1S/C12H16ClN3/c1-3-12(2,7-14)11-15-9-6-4-5-8(13)10(9)16-11/h4-6H,3,7,14H2,1-2H3,(H,15,16). The van der Waals surface area contributed by atoms with Crippen molar-refractivity contribution in [3.63, 3.8) is 0 Å². The molecule has 1 atom stereocenters. The first-order chi connectivity index (χ1) is 7.60. The van der Waals surface area contributed by atoms with E-state index in [-0.39, 0.29) is 5.41 Å². The molecule has 1 aromatic heterocycles. The van der Waals surface area contributed by atoms with Crippen LogP contribution in [0.4, 0.5) is 0 Å². The molecule has 0 spiro atoms. The van der Waals surface area contributed by atoms with Crippen molar-refractivity contribution in [2.45, 2.75) is 25.7 Å². The van der Waals surface area contributed by atoms with E-state index < -0.39 is 0 Å². The van der Waals surface area contributed by atoms with Gasteiger partial charge in [0.2, 0.25) is 0 Å². The Morgan fingerprint density at radius 3 is 2.81 bits per heavy atom.